The number of fused-ring (bicyclic) bond motifs is 1. The fraction of sp³-hybridized carbons (Fsp3) is 0.579. The van der Waals surface area contributed by atoms with Gasteiger partial charge in [0.1, 0.15) is 5.76 Å². The summed E-state index contributed by atoms with van der Waals surface area (Å²) in [5, 5.41) is 4.73. The largest absolute Gasteiger partial charge is 0.493 e. The molecular formula is C19H28N2O3. The molecule has 0 radical (unpaired) electrons. The van der Waals surface area contributed by atoms with Gasteiger partial charge in [0.2, 0.25) is 0 Å². The van der Waals surface area contributed by atoms with Crippen LogP contribution < -0.4 is 10.1 Å². The molecule has 0 spiro atoms. The highest BCUT2D eigenvalue weighted by Gasteiger charge is 2.35. The summed E-state index contributed by atoms with van der Waals surface area (Å²) in [6.45, 7) is 4.72. The van der Waals surface area contributed by atoms with Gasteiger partial charge in [-0.25, -0.2) is 0 Å². The quantitative estimate of drug-likeness (QED) is 0.880. The van der Waals surface area contributed by atoms with E-state index in [0.717, 1.165) is 55.1 Å². The Morgan fingerprint density at radius 1 is 1.29 bits per heavy atom. The molecule has 2 aromatic rings. The molecule has 0 amide bonds. The molecule has 1 aliphatic heterocycles. The van der Waals surface area contributed by atoms with Gasteiger partial charge in [-0.3, -0.25) is 0 Å². The molecule has 1 aromatic heterocycles. The maximum atomic E-state index is 6.06. The number of hydrogen-bond donors (Lipinski definition) is 1. The van der Waals surface area contributed by atoms with Crippen molar-refractivity contribution in [3.63, 3.8) is 0 Å². The zero-order valence-electron chi connectivity index (χ0n) is 15.1. The van der Waals surface area contributed by atoms with Gasteiger partial charge in [-0.1, -0.05) is 12.1 Å². The van der Waals surface area contributed by atoms with Crippen LogP contribution in [0.2, 0.25) is 0 Å². The first-order valence-electron chi connectivity index (χ1n) is 8.61. The van der Waals surface area contributed by atoms with Gasteiger partial charge in [-0.05, 0) is 46.0 Å². The van der Waals surface area contributed by atoms with Crippen LogP contribution in [0.1, 0.15) is 31.6 Å². The Labute approximate surface area is 143 Å². The minimum Gasteiger partial charge on any atom is -0.493 e. The summed E-state index contributed by atoms with van der Waals surface area (Å²) in [6, 6.07) is 8.21. The third-order valence-electron chi connectivity index (χ3n) is 5.28. The number of methoxy groups -OCH3 is 1. The predicted molar refractivity (Wildman–Crippen MR) is 95.7 cm³/mol. The van der Waals surface area contributed by atoms with Crippen molar-refractivity contribution in [2.45, 2.75) is 31.3 Å². The second-order valence-corrected chi connectivity index (χ2v) is 6.86. The Bertz CT molecular complexity index is 674. The number of nitrogens with one attached hydrogen (secondary N) is 1. The average Bonchev–Trinajstić information content (AvgIpc) is 3.04. The molecule has 3 rings (SSSR count). The van der Waals surface area contributed by atoms with Gasteiger partial charge in [0.05, 0.1) is 13.2 Å². The van der Waals surface area contributed by atoms with Crippen molar-refractivity contribution in [1.29, 1.82) is 0 Å². The summed E-state index contributed by atoms with van der Waals surface area (Å²) in [4.78, 5) is 2.33. The molecule has 5 heteroatoms. The number of rotatable bonds is 6. The van der Waals surface area contributed by atoms with E-state index in [2.05, 4.69) is 43.4 Å². The van der Waals surface area contributed by atoms with Crippen LogP contribution in [-0.2, 0) is 4.74 Å². The molecule has 0 bridgehead atoms. The van der Waals surface area contributed by atoms with E-state index < -0.39 is 0 Å². The Hall–Kier alpha value is -1.56. The van der Waals surface area contributed by atoms with Gasteiger partial charge in [0, 0.05) is 30.7 Å². The Kier molecular flexibility index (Phi) is 5.13. The van der Waals surface area contributed by atoms with Gasteiger partial charge in [-0.2, -0.15) is 0 Å². The smallest absolute Gasteiger partial charge is 0.176 e. The molecular weight excluding hydrogens is 304 g/mol. The lowest BCUT2D eigenvalue weighted by molar-refractivity contribution is -0.00829. The monoisotopic (exact) mass is 332 g/mol. The average molecular weight is 332 g/mol. The number of para-hydroxylation sites is 1. The van der Waals surface area contributed by atoms with Crippen molar-refractivity contribution in [3.8, 4) is 5.75 Å². The van der Waals surface area contributed by atoms with E-state index in [9.17, 15) is 0 Å². The van der Waals surface area contributed by atoms with E-state index >= 15 is 0 Å². The lowest BCUT2D eigenvalue weighted by Gasteiger charge is -2.43. The highest BCUT2D eigenvalue weighted by molar-refractivity contribution is 5.83. The van der Waals surface area contributed by atoms with Crippen molar-refractivity contribution in [2.24, 2.45) is 0 Å². The van der Waals surface area contributed by atoms with Crippen molar-refractivity contribution < 1.29 is 13.9 Å². The van der Waals surface area contributed by atoms with E-state index in [1.54, 1.807) is 7.11 Å². The van der Waals surface area contributed by atoms with Gasteiger partial charge < -0.3 is 24.1 Å². The Morgan fingerprint density at radius 2 is 2.04 bits per heavy atom. The van der Waals surface area contributed by atoms with Gasteiger partial charge in [-0.15, -0.1) is 0 Å². The normalized spacial score (nSPS) is 18.9. The summed E-state index contributed by atoms with van der Waals surface area (Å²) in [6.07, 6.45) is 2.10. The third-order valence-corrected chi connectivity index (χ3v) is 5.28. The van der Waals surface area contributed by atoms with Crippen LogP contribution in [0.25, 0.3) is 11.0 Å². The lowest BCUT2D eigenvalue weighted by Crippen LogP contribution is -2.55. The summed E-state index contributed by atoms with van der Waals surface area (Å²) in [5.74, 6) is 1.72. The SMILES string of the molecule is COc1cccc2cc([C@H](C)NCC3(N(C)C)CCOCC3)oc12. The molecule has 1 atom stereocenters. The molecule has 2 heterocycles. The highest BCUT2D eigenvalue weighted by Crippen LogP contribution is 2.31. The molecule has 0 unspecified atom stereocenters. The molecule has 5 nitrogen and oxygen atoms in total. The number of likely N-dealkylation sites (N-methyl/N-ethyl adjacent to an activating group) is 1. The zero-order valence-corrected chi connectivity index (χ0v) is 15.1. The fourth-order valence-corrected chi connectivity index (χ4v) is 3.41. The zero-order chi connectivity index (χ0) is 17.2. The molecule has 1 aromatic carbocycles. The second-order valence-electron chi connectivity index (χ2n) is 6.86. The summed E-state index contributed by atoms with van der Waals surface area (Å²) in [5.41, 5.74) is 0.966. The number of benzene rings is 1. The highest BCUT2D eigenvalue weighted by atomic mass is 16.5. The molecule has 1 aliphatic rings. The Morgan fingerprint density at radius 3 is 2.71 bits per heavy atom. The number of ether oxygens (including phenoxy) is 2. The van der Waals surface area contributed by atoms with E-state index in [1.807, 2.05) is 12.1 Å². The van der Waals surface area contributed by atoms with Crippen molar-refractivity contribution in [1.82, 2.24) is 10.2 Å². The van der Waals surface area contributed by atoms with Crippen molar-refractivity contribution >= 4 is 11.0 Å². The molecule has 0 aliphatic carbocycles. The molecule has 1 N–H and O–H groups in total. The van der Waals surface area contributed by atoms with Crippen molar-refractivity contribution in [2.75, 3.05) is 41.0 Å². The molecule has 1 saturated heterocycles. The lowest BCUT2D eigenvalue weighted by atomic mass is 9.88. The van der Waals surface area contributed by atoms with Gasteiger partial charge in [0.15, 0.2) is 11.3 Å². The van der Waals surface area contributed by atoms with Crippen molar-refractivity contribution in [3.05, 3.63) is 30.0 Å². The van der Waals surface area contributed by atoms with Crippen LogP contribution in [-0.4, -0.2) is 51.4 Å². The van der Waals surface area contributed by atoms with E-state index in [1.165, 1.54) is 0 Å². The standard InChI is InChI=1S/C19H28N2O3/c1-14(20-13-19(21(2)3)8-10-23-11-9-19)17-12-15-6-5-7-16(22-4)18(15)24-17/h5-7,12,14,20H,8-11,13H2,1-4H3/t14-/m0/s1. The first kappa shape index (κ1) is 17.3. The van der Waals surface area contributed by atoms with Crippen LogP contribution in [0.5, 0.6) is 5.75 Å². The van der Waals surface area contributed by atoms with Gasteiger partial charge in [0.25, 0.3) is 0 Å². The maximum Gasteiger partial charge on any atom is 0.176 e. The van der Waals surface area contributed by atoms with Crippen LogP contribution in [0.3, 0.4) is 0 Å². The van der Waals surface area contributed by atoms with E-state index in [4.69, 9.17) is 13.9 Å². The van der Waals surface area contributed by atoms with Crippen LogP contribution in [0.15, 0.2) is 28.7 Å². The van der Waals surface area contributed by atoms with Gasteiger partial charge >= 0.3 is 0 Å². The topological polar surface area (TPSA) is 46.9 Å². The van der Waals surface area contributed by atoms with E-state index in [0.29, 0.717) is 0 Å². The number of furan rings is 1. The summed E-state index contributed by atoms with van der Waals surface area (Å²) in [7, 11) is 5.98. The number of hydrogen-bond acceptors (Lipinski definition) is 5. The first-order valence-corrected chi connectivity index (χ1v) is 8.61. The minimum atomic E-state index is 0.141. The molecule has 132 valence electrons. The third kappa shape index (κ3) is 3.29. The number of nitrogens with zero attached hydrogens (tertiary/aromatic N) is 1. The van der Waals surface area contributed by atoms with E-state index in [-0.39, 0.29) is 11.6 Å². The molecule has 24 heavy (non-hydrogen) atoms. The van der Waals surface area contributed by atoms with Crippen LogP contribution in [0.4, 0.5) is 0 Å². The second kappa shape index (κ2) is 7.13. The summed E-state index contributed by atoms with van der Waals surface area (Å²) >= 11 is 0. The Balaban J connectivity index is 1.73. The van der Waals surface area contributed by atoms with Crippen LogP contribution >= 0.6 is 0 Å². The summed E-state index contributed by atoms with van der Waals surface area (Å²) < 4.78 is 17.0. The predicted octanol–water partition coefficient (Wildman–Crippen LogP) is 3.20. The van der Waals surface area contributed by atoms with Crippen LogP contribution in [0, 0.1) is 0 Å². The maximum absolute atomic E-state index is 6.06. The minimum absolute atomic E-state index is 0.141. The fourth-order valence-electron chi connectivity index (χ4n) is 3.41. The molecule has 0 saturated carbocycles. The first-order chi connectivity index (χ1) is 11.6. The molecule has 1 fully saturated rings.